The topological polar surface area (TPSA) is 101 Å². The fraction of sp³-hybridized carbons (Fsp3) is 0.381. The number of carbonyl (C=O) groups is 3. The molecule has 7 heteroatoms. The van der Waals surface area contributed by atoms with Gasteiger partial charge in [-0.15, -0.1) is 0 Å². The Balaban J connectivity index is 1.50. The zero-order valence-electron chi connectivity index (χ0n) is 15.7. The van der Waals surface area contributed by atoms with Crippen LogP contribution in [0.4, 0.5) is 5.69 Å². The quantitative estimate of drug-likeness (QED) is 0.779. The Hall–Kier alpha value is -3.09. The Morgan fingerprint density at radius 2 is 1.96 bits per heavy atom. The van der Waals surface area contributed by atoms with Gasteiger partial charge in [-0.25, -0.2) is 9.97 Å². The number of nitrogens with one attached hydrogen (secondary N) is 2. The van der Waals surface area contributed by atoms with Crippen LogP contribution in [0.15, 0.2) is 36.5 Å². The number of nitrogens with zero attached hydrogens (tertiary/aromatic N) is 2. The Morgan fingerprint density at radius 3 is 2.61 bits per heavy atom. The van der Waals surface area contributed by atoms with E-state index in [4.69, 9.17) is 0 Å². The summed E-state index contributed by atoms with van der Waals surface area (Å²) < 4.78 is 0. The lowest BCUT2D eigenvalue weighted by Crippen LogP contribution is -2.51. The molecular formula is C21H22N4O3. The minimum Gasteiger partial charge on any atom is -0.321 e. The minimum atomic E-state index is -0.706. The van der Waals surface area contributed by atoms with Crippen LogP contribution in [0.2, 0.25) is 0 Å². The van der Waals surface area contributed by atoms with E-state index in [9.17, 15) is 14.4 Å². The molecule has 2 fully saturated rings. The number of rotatable bonds is 5. The molecule has 0 spiro atoms. The molecule has 7 nitrogen and oxygen atoms in total. The van der Waals surface area contributed by atoms with E-state index < -0.39 is 5.41 Å². The van der Waals surface area contributed by atoms with Crippen molar-refractivity contribution in [1.29, 1.82) is 0 Å². The van der Waals surface area contributed by atoms with E-state index in [1.54, 1.807) is 24.4 Å². The number of piperidine rings is 1. The number of anilines is 1. The van der Waals surface area contributed by atoms with Gasteiger partial charge >= 0.3 is 0 Å². The van der Waals surface area contributed by atoms with Crippen molar-refractivity contribution in [1.82, 2.24) is 15.3 Å². The van der Waals surface area contributed by atoms with Gasteiger partial charge in [-0.3, -0.25) is 19.7 Å². The average Bonchev–Trinajstić information content (AvgIpc) is 3.55. The summed E-state index contributed by atoms with van der Waals surface area (Å²) in [4.78, 5) is 45.1. The fourth-order valence-corrected chi connectivity index (χ4v) is 3.67. The highest BCUT2D eigenvalue weighted by Crippen LogP contribution is 2.38. The van der Waals surface area contributed by atoms with Gasteiger partial charge in [0.2, 0.25) is 11.8 Å². The molecule has 1 aromatic carbocycles. The first-order valence-electron chi connectivity index (χ1n) is 9.61. The lowest BCUT2D eigenvalue weighted by Gasteiger charge is -2.35. The SMILES string of the molecule is CC[C@]1(c2ccc(NC(=O)c3ccnc(C4CC4)n3)cc2)CCC(=O)NC1=O. The molecule has 1 atom stereocenters. The molecule has 1 aliphatic carbocycles. The smallest absolute Gasteiger partial charge is 0.274 e. The van der Waals surface area contributed by atoms with E-state index in [-0.39, 0.29) is 17.7 Å². The van der Waals surface area contributed by atoms with Gasteiger partial charge < -0.3 is 5.32 Å². The van der Waals surface area contributed by atoms with Gasteiger partial charge in [0.25, 0.3) is 5.91 Å². The van der Waals surface area contributed by atoms with E-state index in [0.717, 1.165) is 24.2 Å². The number of carbonyl (C=O) groups excluding carboxylic acids is 3. The summed E-state index contributed by atoms with van der Waals surface area (Å²) in [5.74, 6) is 0.338. The van der Waals surface area contributed by atoms with E-state index in [2.05, 4.69) is 20.6 Å². The van der Waals surface area contributed by atoms with Crippen LogP contribution in [0.3, 0.4) is 0 Å². The molecule has 2 aromatic rings. The highest BCUT2D eigenvalue weighted by atomic mass is 16.2. The molecular weight excluding hydrogens is 356 g/mol. The van der Waals surface area contributed by atoms with E-state index in [1.165, 1.54) is 0 Å². The zero-order chi connectivity index (χ0) is 19.7. The molecule has 2 aliphatic rings. The second kappa shape index (κ2) is 7.14. The molecule has 1 saturated carbocycles. The monoisotopic (exact) mass is 378 g/mol. The van der Waals surface area contributed by atoms with Crippen molar-refractivity contribution in [2.75, 3.05) is 5.32 Å². The Labute approximate surface area is 163 Å². The van der Waals surface area contributed by atoms with Crippen LogP contribution in [-0.2, 0) is 15.0 Å². The summed E-state index contributed by atoms with van der Waals surface area (Å²) in [7, 11) is 0. The number of hydrogen-bond acceptors (Lipinski definition) is 5. The van der Waals surface area contributed by atoms with E-state index >= 15 is 0 Å². The van der Waals surface area contributed by atoms with Gasteiger partial charge in [-0.2, -0.15) is 0 Å². The third-order valence-electron chi connectivity index (χ3n) is 5.61. The summed E-state index contributed by atoms with van der Waals surface area (Å²) in [5.41, 5.74) is 1.11. The van der Waals surface area contributed by atoms with Crippen molar-refractivity contribution in [3.63, 3.8) is 0 Å². The molecule has 2 heterocycles. The molecule has 28 heavy (non-hydrogen) atoms. The number of amides is 3. The third kappa shape index (κ3) is 3.40. The molecule has 0 radical (unpaired) electrons. The summed E-state index contributed by atoms with van der Waals surface area (Å²) in [6.07, 6.45) is 5.19. The predicted octanol–water partition coefficient (Wildman–Crippen LogP) is 2.69. The third-order valence-corrected chi connectivity index (χ3v) is 5.61. The van der Waals surface area contributed by atoms with Gasteiger partial charge in [0.1, 0.15) is 11.5 Å². The molecule has 3 amide bonds. The second-order valence-corrected chi connectivity index (χ2v) is 7.42. The first-order chi connectivity index (χ1) is 13.5. The molecule has 2 N–H and O–H groups in total. The van der Waals surface area contributed by atoms with Crippen LogP contribution in [0.25, 0.3) is 0 Å². The number of aromatic nitrogens is 2. The van der Waals surface area contributed by atoms with Crippen molar-refractivity contribution >= 4 is 23.4 Å². The van der Waals surface area contributed by atoms with Crippen LogP contribution in [0.5, 0.6) is 0 Å². The highest BCUT2D eigenvalue weighted by Gasteiger charge is 2.42. The van der Waals surface area contributed by atoms with Crippen LogP contribution in [0.1, 0.15) is 66.8 Å². The summed E-state index contributed by atoms with van der Waals surface area (Å²) >= 11 is 0. The lowest BCUT2D eigenvalue weighted by atomic mass is 9.72. The molecule has 1 aliphatic heterocycles. The first-order valence-corrected chi connectivity index (χ1v) is 9.61. The maximum Gasteiger partial charge on any atom is 0.274 e. The molecule has 0 bridgehead atoms. The fourth-order valence-electron chi connectivity index (χ4n) is 3.67. The molecule has 1 saturated heterocycles. The van der Waals surface area contributed by atoms with Gasteiger partial charge in [0.05, 0.1) is 5.41 Å². The highest BCUT2D eigenvalue weighted by molar-refractivity contribution is 6.04. The lowest BCUT2D eigenvalue weighted by molar-refractivity contribution is -0.138. The number of benzene rings is 1. The summed E-state index contributed by atoms with van der Waals surface area (Å²) in [6, 6.07) is 8.83. The van der Waals surface area contributed by atoms with Crippen LogP contribution in [0, 0.1) is 0 Å². The normalized spacial score (nSPS) is 21.9. The van der Waals surface area contributed by atoms with E-state index in [1.807, 2.05) is 19.1 Å². The number of imide groups is 1. The van der Waals surface area contributed by atoms with Crippen molar-refractivity contribution in [2.24, 2.45) is 0 Å². The first kappa shape index (κ1) is 18.3. The Bertz CT molecular complexity index is 937. The van der Waals surface area contributed by atoms with Crippen LogP contribution >= 0.6 is 0 Å². The van der Waals surface area contributed by atoms with Crippen LogP contribution < -0.4 is 10.6 Å². The average molecular weight is 378 g/mol. The minimum absolute atomic E-state index is 0.228. The van der Waals surface area contributed by atoms with Gasteiger partial charge in [0, 0.05) is 24.2 Å². The number of hydrogen-bond donors (Lipinski definition) is 2. The Kier molecular flexibility index (Phi) is 4.66. The Morgan fingerprint density at radius 1 is 1.21 bits per heavy atom. The molecule has 0 unspecified atom stereocenters. The summed E-state index contributed by atoms with van der Waals surface area (Å²) in [5, 5.41) is 5.29. The predicted molar refractivity (Wildman–Crippen MR) is 103 cm³/mol. The zero-order valence-corrected chi connectivity index (χ0v) is 15.7. The molecule has 4 rings (SSSR count). The van der Waals surface area contributed by atoms with Crippen molar-refractivity contribution in [3.8, 4) is 0 Å². The maximum absolute atomic E-state index is 12.5. The van der Waals surface area contributed by atoms with E-state index in [0.29, 0.717) is 36.6 Å². The largest absolute Gasteiger partial charge is 0.321 e. The van der Waals surface area contributed by atoms with Crippen molar-refractivity contribution < 1.29 is 14.4 Å². The second-order valence-electron chi connectivity index (χ2n) is 7.42. The molecule has 1 aromatic heterocycles. The standard InChI is InChI=1S/C21H22N4O3/c1-2-21(11-9-17(26)25-20(21)28)14-5-7-15(8-6-14)23-19(27)16-10-12-22-18(24-16)13-3-4-13/h5-8,10,12-13H,2-4,9,11H2,1H3,(H,23,27)(H,25,26,28)/t21-/m1/s1. The van der Waals surface area contributed by atoms with Crippen molar-refractivity contribution in [3.05, 3.63) is 53.6 Å². The van der Waals surface area contributed by atoms with Crippen LogP contribution in [-0.4, -0.2) is 27.7 Å². The summed E-state index contributed by atoms with van der Waals surface area (Å²) in [6.45, 7) is 1.94. The molecule has 144 valence electrons. The van der Waals surface area contributed by atoms with Crippen molar-refractivity contribution in [2.45, 2.75) is 50.4 Å². The van der Waals surface area contributed by atoms with Gasteiger partial charge in [-0.1, -0.05) is 19.1 Å². The maximum atomic E-state index is 12.5. The van der Waals surface area contributed by atoms with Gasteiger partial charge in [-0.05, 0) is 49.4 Å². The van der Waals surface area contributed by atoms with Gasteiger partial charge in [0.15, 0.2) is 0 Å².